The van der Waals surface area contributed by atoms with E-state index in [9.17, 15) is 13.2 Å². The molecule has 1 aliphatic rings. The molecule has 7 heteroatoms. The number of nitrogens with two attached hydrogens (primary N) is 1. The van der Waals surface area contributed by atoms with Crippen LogP contribution in [0.4, 0.5) is 5.69 Å². The maximum atomic E-state index is 12.2. The van der Waals surface area contributed by atoms with Crippen LogP contribution in [0.25, 0.3) is 0 Å². The summed E-state index contributed by atoms with van der Waals surface area (Å²) in [6.45, 7) is 4.46. The van der Waals surface area contributed by atoms with Gasteiger partial charge in [-0.1, -0.05) is 0 Å². The number of benzene rings is 1. The Morgan fingerprint density at radius 2 is 2.10 bits per heavy atom. The molecule has 6 nitrogen and oxygen atoms in total. The summed E-state index contributed by atoms with van der Waals surface area (Å²) in [5.74, 6) is -0.203. The van der Waals surface area contributed by atoms with E-state index in [1.807, 2.05) is 13.8 Å². The molecule has 1 aliphatic heterocycles. The Labute approximate surface area is 125 Å². The second-order valence-corrected chi connectivity index (χ2v) is 7.88. The fourth-order valence-corrected chi connectivity index (χ4v) is 3.25. The van der Waals surface area contributed by atoms with Gasteiger partial charge in [-0.25, -0.2) is 8.42 Å². The van der Waals surface area contributed by atoms with Gasteiger partial charge >= 0.3 is 0 Å². The number of sulfonamides is 1. The summed E-state index contributed by atoms with van der Waals surface area (Å²) in [7, 11) is -3.27. The van der Waals surface area contributed by atoms with Gasteiger partial charge in [0.05, 0.1) is 11.9 Å². The number of hydrogen-bond donors (Lipinski definition) is 2. The lowest BCUT2D eigenvalue weighted by molar-refractivity contribution is 0.0915. The summed E-state index contributed by atoms with van der Waals surface area (Å²) in [5, 5.41) is 2.86. The predicted molar refractivity (Wildman–Crippen MR) is 82.9 cm³/mol. The van der Waals surface area contributed by atoms with Crippen LogP contribution in [0.1, 0.15) is 29.8 Å². The largest absolute Gasteiger partial charge is 0.346 e. The first-order valence-electron chi connectivity index (χ1n) is 6.77. The predicted octanol–water partition coefficient (Wildman–Crippen LogP) is 0.476. The average molecular weight is 311 g/mol. The second kappa shape index (κ2) is 5.31. The van der Waals surface area contributed by atoms with Crippen molar-refractivity contribution in [1.29, 1.82) is 0 Å². The van der Waals surface area contributed by atoms with Crippen molar-refractivity contribution in [2.24, 2.45) is 5.73 Å². The van der Waals surface area contributed by atoms with Gasteiger partial charge in [0.2, 0.25) is 10.0 Å². The minimum absolute atomic E-state index is 0.203. The number of rotatable bonds is 4. The summed E-state index contributed by atoms with van der Waals surface area (Å²) in [6, 6.07) is 5.08. The van der Waals surface area contributed by atoms with Gasteiger partial charge < -0.3 is 11.1 Å². The number of carbonyl (C=O) groups excluding carboxylic acids is 1. The molecule has 0 unspecified atom stereocenters. The van der Waals surface area contributed by atoms with Gasteiger partial charge in [-0.3, -0.25) is 9.10 Å². The molecule has 0 saturated heterocycles. The fraction of sp³-hybridized carbons (Fsp3) is 0.500. The van der Waals surface area contributed by atoms with Crippen LogP contribution in [0, 0.1) is 0 Å². The van der Waals surface area contributed by atoms with Crippen LogP contribution in [0.15, 0.2) is 18.2 Å². The standard InChI is InChI=1S/C14H21N3O3S/c1-14(2,9-15)16-13(18)11-4-5-12-10(8-11)6-7-17(12)21(3,19)20/h4-5,8H,6-7,9,15H2,1-3H3,(H,16,18). The van der Waals surface area contributed by atoms with E-state index in [1.54, 1.807) is 18.2 Å². The van der Waals surface area contributed by atoms with Crippen LogP contribution in [0.3, 0.4) is 0 Å². The fourth-order valence-electron chi connectivity index (χ4n) is 2.29. The number of carbonyl (C=O) groups is 1. The summed E-state index contributed by atoms with van der Waals surface area (Å²) >= 11 is 0. The Hall–Kier alpha value is -1.60. The van der Waals surface area contributed by atoms with E-state index in [0.717, 1.165) is 5.56 Å². The van der Waals surface area contributed by atoms with E-state index in [2.05, 4.69) is 5.32 Å². The molecule has 3 N–H and O–H groups in total. The van der Waals surface area contributed by atoms with E-state index in [-0.39, 0.29) is 5.91 Å². The molecule has 0 aromatic heterocycles. The second-order valence-electron chi connectivity index (χ2n) is 5.97. The van der Waals surface area contributed by atoms with Crippen molar-refractivity contribution < 1.29 is 13.2 Å². The monoisotopic (exact) mass is 311 g/mol. The maximum absolute atomic E-state index is 12.2. The van der Waals surface area contributed by atoms with Crippen LogP contribution in [0.5, 0.6) is 0 Å². The Kier molecular flexibility index (Phi) is 3.99. The molecule has 116 valence electrons. The number of fused-ring (bicyclic) bond motifs is 1. The highest BCUT2D eigenvalue weighted by Crippen LogP contribution is 2.30. The topological polar surface area (TPSA) is 92.5 Å². The average Bonchev–Trinajstić information content (AvgIpc) is 2.80. The third-order valence-electron chi connectivity index (χ3n) is 3.56. The molecular weight excluding hydrogens is 290 g/mol. The summed E-state index contributed by atoms with van der Waals surface area (Å²) in [5.41, 5.74) is 7.18. The maximum Gasteiger partial charge on any atom is 0.251 e. The first kappa shape index (κ1) is 15.8. The highest BCUT2D eigenvalue weighted by atomic mass is 32.2. The quantitative estimate of drug-likeness (QED) is 0.845. The third-order valence-corrected chi connectivity index (χ3v) is 4.74. The zero-order chi connectivity index (χ0) is 15.8. The lowest BCUT2D eigenvalue weighted by atomic mass is 10.0. The molecule has 0 radical (unpaired) electrons. The van der Waals surface area contributed by atoms with Crippen molar-refractivity contribution in [1.82, 2.24) is 5.32 Å². The van der Waals surface area contributed by atoms with E-state index in [1.165, 1.54) is 10.6 Å². The molecule has 0 spiro atoms. The number of nitrogens with zero attached hydrogens (tertiary/aromatic N) is 1. The molecule has 1 heterocycles. The molecule has 2 rings (SSSR count). The number of anilines is 1. The molecule has 1 aromatic carbocycles. The highest BCUT2D eigenvalue weighted by molar-refractivity contribution is 7.92. The molecule has 0 aliphatic carbocycles. The zero-order valence-corrected chi connectivity index (χ0v) is 13.3. The summed E-state index contributed by atoms with van der Waals surface area (Å²) < 4.78 is 24.7. The molecule has 21 heavy (non-hydrogen) atoms. The van der Waals surface area contributed by atoms with E-state index in [4.69, 9.17) is 5.73 Å². The molecule has 1 aromatic rings. The van der Waals surface area contributed by atoms with Crippen LogP contribution in [-0.4, -0.2) is 39.2 Å². The first-order chi connectivity index (χ1) is 9.64. The van der Waals surface area contributed by atoms with Gasteiger partial charge in [0.15, 0.2) is 0 Å². The van der Waals surface area contributed by atoms with Crippen molar-refractivity contribution in [3.63, 3.8) is 0 Å². The van der Waals surface area contributed by atoms with E-state index in [0.29, 0.717) is 30.8 Å². The summed E-state index contributed by atoms with van der Waals surface area (Å²) in [6.07, 6.45) is 1.80. The van der Waals surface area contributed by atoms with Crippen molar-refractivity contribution in [3.05, 3.63) is 29.3 Å². The minimum atomic E-state index is -3.27. The van der Waals surface area contributed by atoms with Gasteiger partial charge in [0.25, 0.3) is 5.91 Å². The lowest BCUT2D eigenvalue weighted by Gasteiger charge is -2.24. The van der Waals surface area contributed by atoms with Gasteiger partial charge in [-0.2, -0.15) is 0 Å². The van der Waals surface area contributed by atoms with Crippen molar-refractivity contribution in [2.75, 3.05) is 23.7 Å². The third kappa shape index (κ3) is 3.36. The van der Waals surface area contributed by atoms with Gasteiger partial charge in [0.1, 0.15) is 0 Å². The van der Waals surface area contributed by atoms with Gasteiger partial charge in [0, 0.05) is 24.2 Å². The van der Waals surface area contributed by atoms with E-state index >= 15 is 0 Å². The van der Waals surface area contributed by atoms with Gasteiger partial charge in [-0.05, 0) is 44.0 Å². The summed E-state index contributed by atoms with van der Waals surface area (Å²) in [4.78, 5) is 12.2. The SMILES string of the molecule is CC(C)(CN)NC(=O)c1ccc2c(c1)CCN2S(C)(=O)=O. The van der Waals surface area contributed by atoms with Crippen molar-refractivity contribution in [2.45, 2.75) is 25.8 Å². The number of hydrogen-bond acceptors (Lipinski definition) is 4. The molecule has 0 fully saturated rings. The zero-order valence-electron chi connectivity index (χ0n) is 12.5. The van der Waals surface area contributed by atoms with Crippen molar-refractivity contribution in [3.8, 4) is 0 Å². The lowest BCUT2D eigenvalue weighted by Crippen LogP contribution is -2.48. The Morgan fingerprint density at radius 3 is 2.67 bits per heavy atom. The van der Waals surface area contributed by atoms with Crippen LogP contribution < -0.4 is 15.4 Å². The first-order valence-corrected chi connectivity index (χ1v) is 8.62. The molecule has 1 amide bonds. The van der Waals surface area contributed by atoms with Crippen LogP contribution in [-0.2, 0) is 16.4 Å². The Bertz CT molecular complexity index is 668. The minimum Gasteiger partial charge on any atom is -0.346 e. The normalized spacial score (nSPS) is 15.0. The highest BCUT2D eigenvalue weighted by Gasteiger charge is 2.27. The van der Waals surface area contributed by atoms with Crippen LogP contribution >= 0.6 is 0 Å². The molecule has 0 atom stereocenters. The van der Waals surface area contributed by atoms with Crippen molar-refractivity contribution >= 4 is 21.6 Å². The van der Waals surface area contributed by atoms with Gasteiger partial charge in [-0.15, -0.1) is 0 Å². The smallest absolute Gasteiger partial charge is 0.251 e. The Balaban J connectivity index is 2.26. The molecule has 0 saturated carbocycles. The van der Waals surface area contributed by atoms with Crippen LogP contribution in [0.2, 0.25) is 0 Å². The molecule has 0 bridgehead atoms. The van der Waals surface area contributed by atoms with E-state index < -0.39 is 15.6 Å². The molecular formula is C14H21N3O3S. The Morgan fingerprint density at radius 1 is 1.43 bits per heavy atom. The number of amides is 1. The number of nitrogens with one attached hydrogen (secondary N) is 1.